The fraction of sp³-hybridized carbons (Fsp3) is 0.333. The largest absolute Gasteiger partial charge is 0.396 e. The van der Waals surface area contributed by atoms with Crippen molar-refractivity contribution in [3.8, 4) is 0 Å². The van der Waals surface area contributed by atoms with Crippen molar-refractivity contribution in [2.75, 3.05) is 13.2 Å². The predicted octanol–water partition coefficient (Wildman–Crippen LogP) is 1.07. The van der Waals surface area contributed by atoms with E-state index in [0.717, 1.165) is 11.1 Å². The van der Waals surface area contributed by atoms with Gasteiger partial charge in [-0.2, -0.15) is 0 Å². The molecule has 1 atom stereocenters. The van der Waals surface area contributed by atoms with Gasteiger partial charge in [0.15, 0.2) is 0 Å². The number of nitrogens with two attached hydrogens (primary N) is 1. The summed E-state index contributed by atoms with van der Waals surface area (Å²) < 4.78 is 0. The van der Waals surface area contributed by atoms with Crippen molar-refractivity contribution in [1.82, 2.24) is 0 Å². The van der Waals surface area contributed by atoms with Crippen LogP contribution in [0.1, 0.15) is 23.6 Å². The van der Waals surface area contributed by atoms with Gasteiger partial charge in [0.1, 0.15) is 0 Å². The average Bonchev–Trinajstić information content (AvgIpc) is 2.27. The summed E-state index contributed by atoms with van der Waals surface area (Å²) in [5, 5.41) is 17.4. The Balaban J connectivity index is 2.67. The van der Waals surface area contributed by atoms with Crippen LogP contribution in [-0.4, -0.2) is 23.4 Å². The van der Waals surface area contributed by atoms with Crippen molar-refractivity contribution in [1.29, 1.82) is 0 Å². The molecule has 1 aromatic rings. The van der Waals surface area contributed by atoms with Crippen molar-refractivity contribution < 1.29 is 10.2 Å². The molecule has 0 aliphatic carbocycles. The van der Waals surface area contributed by atoms with E-state index >= 15 is 0 Å². The van der Waals surface area contributed by atoms with Crippen LogP contribution >= 0.6 is 0 Å². The van der Waals surface area contributed by atoms with Gasteiger partial charge in [-0.05, 0) is 17.5 Å². The zero-order valence-electron chi connectivity index (χ0n) is 8.63. The van der Waals surface area contributed by atoms with Crippen LogP contribution in [0, 0.1) is 0 Å². The number of hydrogen-bond acceptors (Lipinski definition) is 3. The van der Waals surface area contributed by atoms with Crippen LogP contribution in [0.2, 0.25) is 0 Å². The summed E-state index contributed by atoms with van der Waals surface area (Å²) >= 11 is 0. The third kappa shape index (κ3) is 3.83. The Kier molecular flexibility index (Phi) is 5.04. The molecule has 0 heterocycles. The highest BCUT2D eigenvalue weighted by atomic mass is 16.3. The average molecular weight is 207 g/mol. The minimum Gasteiger partial charge on any atom is -0.396 e. The van der Waals surface area contributed by atoms with E-state index in [1.807, 2.05) is 30.3 Å². The molecule has 1 unspecified atom stereocenters. The van der Waals surface area contributed by atoms with E-state index in [0.29, 0.717) is 6.42 Å². The summed E-state index contributed by atoms with van der Waals surface area (Å²) in [7, 11) is 0. The maximum absolute atomic E-state index is 8.75. The predicted molar refractivity (Wildman–Crippen MR) is 61.2 cm³/mol. The van der Waals surface area contributed by atoms with Crippen LogP contribution < -0.4 is 5.73 Å². The summed E-state index contributed by atoms with van der Waals surface area (Å²) in [5.41, 5.74) is 7.89. The van der Waals surface area contributed by atoms with Crippen LogP contribution in [0.25, 0.3) is 6.08 Å². The zero-order chi connectivity index (χ0) is 11.1. The van der Waals surface area contributed by atoms with E-state index in [4.69, 9.17) is 15.9 Å². The second-order valence-electron chi connectivity index (χ2n) is 3.37. The van der Waals surface area contributed by atoms with Gasteiger partial charge in [-0.1, -0.05) is 36.4 Å². The molecule has 3 heteroatoms. The fourth-order valence-electron chi connectivity index (χ4n) is 1.35. The molecule has 4 N–H and O–H groups in total. The van der Waals surface area contributed by atoms with Gasteiger partial charge in [0.25, 0.3) is 0 Å². The van der Waals surface area contributed by atoms with Crippen molar-refractivity contribution in [2.24, 2.45) is 5.73 Å². The molecule has 1 rings (SSSR count). The molecule has 0 aliphatic heterocycles. The Morgan fingerprint density at radius 3 is 2.40 bits per heavy atom. The SMILES string of the molecule is NC(CCO)c1ccc(/C=C/CO)cc1. The van der Waals surface area contributed by atoms with E-state index in [9.17, 15) is 0 Å². The van der Waals surface area contributed by atoms with Gasteiger partial charge in [-0.25, -0.2) is 0 Å². The molecular weight excluding hydrogens is 190 g/mol. The quantitative estimate of drug-likeness (QED) is 0.676. The standard InChI is InChI=1S/C12H17NO2/c13-12(7-9-15)11-5-3-10(4-6-11)2-1-8-14/h1-6,12,14-15H,7-9,13H2/b2-1+. The van der Waals surface area contributed by atoms with Crippen LogP contribution in [0.3, 0.4) is 0 Å². The number of benzene rings is 1. The minimum absolute atomic E-state index is 0.0474. The van der Waals surface area contributed by atoms with Crippen molar-refractivity contribution in [3.05, 3.63) is 41.5 Å². The van der Waals surface area contributed by atoms with Gasteiger partial charge in [0.2, 0.25) is 0 Å². The van der Waals surface area contributed by atoms with E-state index in [2.05, 4.69) is 0 Å². The Morgan fingerprint density at radius 2 is 1.87 bits per heavy atom. The van der Waals surface area contributed by atoms with Crippen LogP contribution in [-0.2, 0) is 0 Å². The van der Waals surface area contributed by atoms with Gasteiger partial charge >= 0.3 is 0 Å². The van der Waals surface area contributed by atoms with E-state index in [1.165, 1.54) is 0 Å². The number of hydrogen-bond donors (Lipinski definition) is 3. The van der Waals surface area contributed by atoms with Crippen LogP contribution in [0.5, 0.6) is 0 Å². The molecule has 0 fully saturated rings. The highest BCUT2D eigenvalue weighted by molar-refractivity contribution is 5.49. The molecule has 0 saturated carbocycles. The monoisotopic (exact) mass is 207 g/mol. The molecule has 0 amide bonds. The molecular formula is C12H17NO2. The third-order valence-electron chi connectivity index (χ3n) is 2.22. The second-order valence-corrected chi connectivity index (χ2v) is 3.37. The lowest BCUT2D eigenvalue weighted by Crippen LogP contribution is -2.11. The Hall–Kier alpha value is -1.16. The fourth-order valence-corrected chi connectivity index (χ4v) is 1.35. The highest BCUT2D eigenvalue weighted by Crippen LogP contribution is 2.14. The van der Waals surface area contributed by atoms with Crippen LogP contribution in [0.15, 0.2) is 30.3 Å². The summed E-state index contributed by atoms with van der Waals surface area (Å²) in [6.45, 7) is 0.152. The number of aliphatic hydroxyl groups excluding tert-OH is 2. The first-order chi connectivity index (χ1) is 7.27. The molecule has 0 saturated heterocycles. The Labute approximate surface area is 89.9 Å². The number of aliphatic hydroxyl groups is 2. The summed E-state index contributed by atoms with van der Waals surface area (Å²) in [5.74, 6) is 0. The molecule has 3 nitrogen and oxygen atoms in total. The van der Waals surface area contributed by atoms with Crippen molar-refractivity contribution in [3.63, 3.8) is 0 Å². The first-order valence-electron chi connectivity index (χ1n) is 5.01. The Morgan fingerprint density at radius 1 is 1.20 bits per heavy atom. The van der Waals surface area contributed by atoms with Gasteiger partial charge < -0.3 is 15.9 Å². The molecule has 15 heavy (non-hydrogen) atoms. The van der Waals surface area contributed by atoms with E-state index in [-0.39, 0.29) is 19.3 Å². The first kappa shape index (κ1) is 11.9. The van der Waals surface area contributed by atoms with Gasteiger partial charge in [-0.15, -0.1) is 0 Å². The normalized spacial score (nSPS) is 13.3. The summed E-state index contributed by atoms with van der Waals surface area (Å²) in [6.07, 6.45) is 4.11. The second kappa shape index (κ2) is 6.35. The summed E-state index contributed by atoms with van der Waals surface area (Å²) in [6, 6.07) is 7.66. The van der Waals surface area contributed by atoms with Crippen molar-refractivity contribution in [2.45, 2.75) is 12.5 Å². The molecule has 0 bridgehead atoms. The Bertz CT molecular complexity index is 306. The number of rotatable bonds is 5. The molecule has 0 aromatic heterocycles. The minimum atomic E-state index is -0.106. The van der Waals surface area contributed by atoms with E-state index in [1.54, 1.807) is 6.08 Å². The molecule has 82 valence electrons. The lowest BCUT2D eigenvalue weighted by molar-refractivity contribution is 0.276. The summed E-state index contributed by atoms with van der Waals surface area (Å²) in [4.78, 5) is 0. The molecule has 0 radical (unpaired) electrons. The van der Waals surface area contributed by atoms with E-state index < -0.39 is 0 Å². The molecule has 1 aromatic carbocycles. The smallest absolute Gasteiger partial charge is 0.0615 e. The first-order valence-corrected chi connectivity index (χ1v) is 5.01. The van der Waals surface area contributed by atoms with Gasteiger partial charge in [-0.3, -0.25) is 0 Å². The third-order valence-corrected chi connectivity index (χ3v) is 2.22. The lowest BCUT2D eigenvalue weighted by Gasteiger charge is -2.10. The highest BCUT2D eigenvalue weighted by Gasteiger charge is 2.03. The topological polar surface area (TPSA) is 66.5 Å². The van der Waals surface area contributed by atoms with Gasteiger partial charge in [0, 0.05) is 12.6 Å². The van der Waals surface area contributed by atoms with Crippen molar-refractivity contribution >= 4 is 6.08 Å². The molecule has 0 aliphatic rings. The van der Waals surface area contributed by atoms with Crippen LogP contribution in [0.4, 0.5) is 0 Å². The zero-order valence-corrected chi connectivity index (χ0v) is 8.63. The molecule has 0 spiro atoms. The lowest BCUT2D eigenvalue weighted by atomic mass is 10.0. The maximum Gasteiger partial charge on any atom is 0.0615 e. The van der Waals surface area contributed by atoms with Gasteiger partial charge in [0.05, 0.1) is 6.61 Å². The maximum atomic E-state index is 8.75.